The molecule has 2 aliphatic rings. The number of hydrogen-bond acceptors (Lipinski definition) is 4. The Morgan fingerprint density at radius 1 is 1.33 bits per heavy atom. The fourth-order valence-corrected chi connectivity index (χ4v) is 3.36. The molecule has 0 radical (unpaired) electrons. The molecule has 0 spiro atoms. The molecule has 0 fully saturated rings. The van der Waals surface area contributed by atoms with E-state index in [0.717, 1.165) is 17.0 Å². The van der Waals surface area contributed by atoms with Crippen LogP contribution in [-0.4, -0.2) is 46.0 Å². The molecular formula is C17H18N4O3. The molecule has 4 rings (SSSR count). The SMILES string of the molecule is CNC(=O)[C@@H]1CN(C(=O)[C@@H]2Cc3ccccc3O2)Cc2cncn21. The second-order valence-corrected chi connectivity index (χ2v) is 6.06. The van der Waals surface area contributed by atoms with E-state index in [-0.39, 0.29) is 11.8 Å². The van der Waals surface area contributed by atoms with E-state index < -0.39 is 12.1 Å². The predicted octanol–water partition coefficient (Wildman–Crippen LogP) is 0.516. The van der Waals surface area contributed by atoms with Crippen LogP contribution in [0.15, 0.2) is 36.8 Å². The Morgan fingerprint density at radius 2 is 2.17 bits per heavy atom. The van der Waals surface area contributed by atoms with Crippen LogP contribution in [0.5, 0.6) is 5.75 Å². The van der Waals surface area contributed by atoms with Gasteiger partial charge in [-0.15, -0.1) is 0 Å². The Kier molecular flexibility index (Phi) is 3.48. The molecule has 0 saturated heterocycles. The minimum atomic E-state index is -0.526. The van der Waals surface area contributed by atoms with Crippen LogP contribution in [0.25, 0.3) is 0 Å². The van der Waals surface area contributed by atoms with E-state index in [9.17, 15) is 9.59 Å². The zero-order valence-electron chi connectivity index (χ0n) is 13.3. The summed E-state index contributed by atoms with van der Waals surface area (Å²) in [5.74, 6) is 0.538. The fourth-order valence-electron chi connectivity index (χ4n) is 3.36. The van der Waals surface area contributed by atoms with Crippen molar-refractivity contribution < 1.29 is 14.3 Å². The number of ether oxygens (including phenoxy) is 1. The minimum Gasteiger partial charge on any atom is -0.480 e. The van der Waals surface area contributed by atoms with Gasteiger partial charge >= 0.3 is 0 Å². The van der Waals surface area contributed by atoms with Crippen LogP contribution in [0.4, 0.5) is 0 Å². The van der Waals surface area contributed by atoms with Crippen molar-refractivity contribution in [3.05, 3.63) is 48.0 Å². The van der Waals surface area contributed by atoms with Crippen LogP contribution in [0.3, 0.4) is 0 Å². The van der Waals surface area contributed by atoms with E-state index in [0.29, 0.717) is 19.5 Å². The molecule has 1 N–H and O–H groups in total. The number of para-hydroxylation sites is 1. The first-order valence-corrected chi connectivity index (χ1v) is 7.93. The van der Waals surface area contributed by atoms with Crippen molar-refractivity contribution >= 4 is 11.8 Å². The highest BCUT2D eigenvalue weighted by atomic mass is 16.5. The molecule has 0 bridgehead atoms. The highest BCUT2D eigenvalue weighted by Gasteiger charge is 2.37. The Labute approximate surface area is 139 Å². The summed E-state index contributed by atoms with van der Waals surface area (Å²) in [6.45, 7) is 0.751. The Hall–Kier alpha value is -2.83. The van der Waals surface area contributed by atoms with Gasteiger partial charge in [-0.1, -0.05) is 18.2 Å². The summed E-state index contributed by atoms with van der Waals surface area (Å²) in [6.07, 6.45) is 3.37. The Bertz CT molecular complexity index is 776. The van der Waals surface area contributed by atoms with Crippen LogP contribution in [0, 0.1) is 0 Å². The molecule has 7 nitrogen and oxygen atoms in total. The number of benzene rings is 1. The smallest absolute Gasteiger partial charge is 0.264 e. The fraction of sp³-hybridized carbons (Fsp3) is 0.353. The van der Waals surface area contributed by atoms with Crippen LogP contribution in [0.2, 0.25) is 0 Å². The van der Waals surface area contributed by atoms with Gasteiger partial charge in [-0.25, -0.2) is 4.98 Å². The third kappa shape index (κ3) is 2.33. The van der Waals surface area contributed by atoms with Crippen LogP contribution >= 0.6 is 0 Å². The number of nitrogens with zero attached hydrogens (tertiary/aromatic N) is 3. The first-order chi connectivity index (χ1) is 11.7. The van der Waals surface area contributed by atoms with Gasteiger partial charge < -0.3 is 19.5 Å². The lowest BCUT2D eigenvalue weighted by molar-refractivity contribution is -0.141. The number of fused-ring (bicyclic) bond motifs is 2. The van der Waals surface area contributed by atoms with Crippen molar-refractivity contribution in [3.63, 3.8) is 0 Å². The predicted molar refractivity (Wildman–Crippen MR) is 85.3 cm³/mol. The number of likely N-dealkylation sites (N-methyl/N-ethyl adjacent to an activating group) is 1. The number of carbonyl (C=O) groups is 2. The van der Waals surface area contributed by atoms with Gasteiger partial charge in [0.15, 0.2) is 6.10 Å². The van der Waals surface area contributed by atoms with Crippen LogP contribution in [-0.2, 0) is 22.6 Å². The normalized spacial score (nSPS) is 21.6. The van der Waals surface area contributed by atoms with E-state index in [1.54, 1.807) is 24.5 Å². The summed E-state index contributed by atoms with van der Waals surface area (Å²) in [7, 11) is 1.59. The quantitative estimate of drug-likeness (QED) is 0.873. The summed E-state index contributed by atoms with van der Waals surface area (Å²) in [5, 5.41) is 2.65. The van der Waals surface area contributed by atoms with Gasteiger partial charge in [0, 0.05) is 19.7 Å². The second kappa shape index (κ2) is 5.67. The number of amides is 2. The Balaban J connectivity index is 1.55. The van der Waals surface area contributed by atoms with E-state index in [4.69, 9.17) is 4.74 Å². The zero-order chi connectivity index (χ0) is 16.7. The number of carbonyl (C=O) groups excluding carboxylic acids is 2. The zero-order valence-corrected chi connectivity index (χ0v) is 13.3. The van der Waals surface area contributed by atoms with Gasteiger partial charge in [-0.3, -0.25) is 9.59 Å². The second-order valence-electron chi connectivity index (χ2n) is 6.06. The van der Waals surface area contributed by atoms with Crippen LogP contribution < -0.4 is 10.1 Å². The molecular weight excluding hydrogens is 308 g/mol. The Morgan fingerprint density at radius 3 is 2.96 bits per heavy atom. The number of rotatable bonds is 2. The van der Waals surface area contributed by atoms with Crippen molar-refractivity contribution in [2.45, 2.75) is 25.1 Å². The van der Waals surface area contributed by atoms with Gasteiger partial charge in [0.25, 0.3) is 5.91 Å². The largest absolute Gasteiger partial charge is 0.480 e. The summed E-state index contributed by atoms with van der Waals surface area (Å²) < 4.78 is 7.63. The summed E-state index contributed by atoms with van der Waals surface area (Å²) >= 11 is 0. The topological polar surface area (TPSA) is 76.5 Å². The standard InChI is InChI=1S/C17H18N4O3/c1-18-16(22)13-9-20(8-12-7-19-10-21(12)13)17(23)15-6-11-4-2-3-5-14(11)24-15/h2-5,7,10,13,15H,6,8-9H2,1H3,(H,18,22)/t13-,15-/m0/s1. The van der Waals surface area contributed by atoms with Gasteiger partial charge in [-0.2, -0.15) is 0 Å². The highest BCUT2D eigenvalue weighted by Crippen LogP contribution is 2.30. The lowest BCUT2D eigenvalue weighted by atomic mass is 10.1. The van der Waals surface area contributed by atoms with Crippen molar-refractivity contribution in [2.75, 3.05) is 13.6 Å². The maximum Gasteiger partial charge on any atom is 0.264 e. The summed E-state index contributed by atoms with van der Waals surface area (Å²) in [5.41, 5.74) is 1.89. The van der Waals surface area contributed by atoms with E-state index in [2.05, 4.69) is 10.3 Å². The molecule has 24 heavy (non-hydrogen) atoms. The molecule has 124 valence electrons. The van der Waals surface area contributed by atoms with Gasteiger partial charge in [0.2, 0.25) is 5.91 Å². The van der Waals surface area contributed by atoms with E-state index in [1.807, 2.05) is 28.8 Å². The molecule has 2 amide bonds. The van der Waals surface area contributed by atoms with Crippen molar-refractivity contribution in [2.24, 2.45) is 0 Å². The molecule has 0 aliphatic carbocycles. The maximum atomic E-state index is 12.9. The van der Waals surface area contributed by atoms with Gasteiger partial charge in [-0.05, 0) is 11.6 Å². The van der Waals surface area contributed by atoms with E-state index in [1.165, 1.54) is 0 Å². The number of hydrogen-bond donors (Lipinski definition) is 1. The van der Waals surface area contributed by atoms with Gasteiger partial charge in [0.1, 0.15) is 11.8 Å². The molecule has 1 aromatic carbocycles. The third-order valence-corrected chi connectivity index (χ3v) is 4.61. The number of nitrogens with one attached hydrogen (secondary N) is 1. The first-order valence-electron chi connectivity index (χ1n) is 7.93. The lowest BCUT2D eigenvalue weighted by Gasteiger charge is -2.34. The highest BCUT2D eigenvalue weighted by molar-refractivity contribution is 5.85. The van der Waals surface area contributed by atoms with Crippen molar-refractivity contribution in [1.82, 2.24) is 19.8 Å². The van der Waals surface area contributed by atoms with Crippen molar-refractivity contribution in [3.8, 4) is 5.75 Å². The lowest BCUT2D eigenvalue weighted by Crippen LogP contribution is -2.49. The molecule has 1 aromatic heterocycles. The monoisotopic (exact) mass is 326 g/mol. The molecule has 7 heteroatoms. The maximum absolute atomic E-state index is 12.9. The molecule has 2 atom stereocenters. The molecule has 0 unspecified atom stereocenters. The molecule has 2 aromatic rings. The first kappa shape index (κ1) is 14.7. The minimum absolute atomic E-state index is 0.0902. The van der Waals surface area contributed by atoms with Gasteiger partial charge in [0.05, 0.1) is 25.1 Å². The average Bonchev–Trinajstić information content (AvgIpc) is 3.25. The summed E-state index contributed by atoms with van der Waals surface area (Å²) in [6, 6.07) is 7.22. The third-order valence-electron chi connectivity index (χ3n) is 4.61. The number of imidazole rings is 1. The summed E-state index contributed by atoms with van der Waals surface area (Å²) in [4.78, 5) is 30.9. The molecule has 3 heterocycles. The van der Waals surface area contributed by atoms with Crippen LogP contribution in [0.1, 0.15) is 17.3 Å². The number of aromatic nitrogens is 2. The average molecular weight is 326 g/mol. The van der Waals surface area contributed by atoms with E-state index >= 15 is 0 Å². The molecule has 0 saturated carbocycles. The van der Waals surface area contributed by atoms with Crippen molar-refractivity contribution in [1.29, 1.82) is 0 Å². The molecule has 2 aliphatic heterocycles.